The minimum Gasteiger partial charge on any atom is -0.381 e. The van der Waals surface area contributed by atoms with Gasteiger partial charge in [0.15, 0.2) is 0 Å². The van der Waals surface area contributed by atoms with Crippen LogP contribution in [0.15, 0.2) is 24.3 Å². The lowest BCUT2D eigenvalue weighted by Gasteiger charge is -2.26. The molecule has 0 bridgehead atoms. The van der Waals surface area contributed by atoms with E-state index in [0.29, 0.717) is 12.6 Å². The maximum Gasteiger partial charge on any atom is 0.0484 e. The SMILES string of the molecule is NCCCOCCC1NCCc2ccccc21. The monoisotopic (exact) mass is 234 g/mol. The van der Waals surface area contributed by atoms with Gasteiger partial charge in [-0.3, -0.25) is 0 Å². The Balaban J connectivity index is 1.82. The Morgan fingerprint density at radius 3 is 3.06 bits per heavy atom. The van der Waals surface area contributed by atoms with E-state index in [1.54, 1.807) is 0 Å². The molecular weight excluding hydrogens is 212 g/mol. The lowest BCUT2D eigenvalue weighted by Crippen LogP contribution is -2.30. The molecule has 0 aromatic heterocycles. The molecule has 0 fully saturated rings. The van der Waals surface area contributed by atoms with Crippen molar-refractivity contribution in [3.63, 3.8) is 0 Å². The number of hydrogen-bond donors (Lipinski definition) is 2. The zero-order chi connectivity index (χ0) is 11.9. The second-order valence-corrected chi connectivity index (χ2v) is 4.50. The minimum atomic E-state index is 0.456. The average Bonchev–Trinajstić information content (AvgIpc) is 2.39. The molecule has 0 amide bonds. The molecule has 3 N–H and O–H groups in total. The second kappa shape index (κ2) is 6.74. The molecule has 17 heavy (non-hydrogen) atoms. The summed E-state index contributed by atoms with van der Waals surface area (Å²) in [4.78, 5) is 0. The third-order valence-electron chi connectivity index (χ3n) is 3.26. The third-order valence-corrected chi connectivity index (χ3v) is 3.26. The number of nitrogens with two attached hydrogens (primary N) is 1. The van der Waals surface area contributed by atoms with Crippen LogP contribution in [0.25, 0.3) is 0 Å². The fourth-order valence-corrected chi connectivity index (χ4v) is 2.34. The molecule has 0 aliphatic carbocycles. The van der Waals surface area contributed by atoms with Crippen LogP contribution in [0.2, 0.25) is 0 Å². The third kappa shape index (κ3) is 3.53. The molecule has 1 heterocycles. The molecule has 0 saturated heterocycles. The normalized spacial score (nSPS) is 19.0. The number of benzene rings is 1. The van der Waals surface area contributed by atoms with Gasteiger partial charge < -0.3 is 15.8 Å². The van der Waals surface area contributed by atoms with Gasteiger partial charge in [-0.1, -0.05) is 24.3 Å². The number of rotatable bonds is 6. The Morgan fingerprint density at radius 1 is 1.29 bits per heavy atom. The van der Waals surface area contributed by atoms with Crippen LogP contribution < -0.4 is 11.1 Å². The van der Waals surface area contributed by atoms with E-state index in [0.717, 1.165) is 39.0 Å². The van der Waals surface area contributed by atoms with E-state index >= 15 is 0 Å². The summed E-state index contributed by atoms with van der Waals surface area (Å²) < 4.78 is 5.57. The first kappa shape index (κ1) is 12.6. The summed E-state index contributed by atoms with van der Waals surface area (Å²) in [6, 6.07) is 9.16. The standard InChI is InChI=1S/C14H22N2O/c15-8-3-10-17-11-7-14-13-5-2-1-4-12(13)6-9-16-14/h1-2,4-5,14,16H,3,6-11,15H2. The van der Waals surface area contributed by atoms with Crippen molar-refractivity contribution in [2.24, 2.45) is 5.73 Å². The molecular formula is C14H22N2O. The molecule has 1 aliphatic heterocycles. The van der Waals surface area contributed by atoms with Gasteiger partial charge in [-0.05, 0) is 43.5 Å². The molecule has 94 valence electrons. The van der Waals surface area contributed by atoms with E-state index < -0.39 is 0 Å². The van der Waals surface area contributed by atoms with Crippen LogP contribution in [0, 0.1) is 0 Å². The summed E-state index contributed by atoms with van der Waals surface area (Å²) in [5.74, 6) is 0. The van der Waals surface area contributed by atoms with Crippen LogP contribution in [0.3, 0.4) is 0 Å². The van der Waals surface area contributed by atoms with Crippen molar-refractivity contribution in [3.05, 3.63) is 35.4 Å². The largest absolute Gasteiger partial charge is 0.381 e. The first-order chi connectivity index (χ1) is 8.42. The molecule has 2 rings (SSSR count). The van der Waals surface area contributed by atoms with Crippen molar-refractivity contribution < 1.29 is 4.74 Å². The first-order valence-electron chi connectivity index (χ1n) is 6.51. The highest BCUT2D eigenvalue weighted by Gasteiger charge is 2.18. The number of ether oxygens (including phenoxy) is 1. The van der Waals surface area contributed by atoms with E-state index in [1.165, 1.54) is 11.1 Å². The van der Waals surface area contributed by atoms with Gasteiger partial charge >= 0.3 is 0 Å². The molecule has 0 saturated carbocycles. The minimum absolute atomic E-state index is 0.456. The number of nitrogens with one attached hydrogen (secondary N) is 1. The van der Waals surface area contributed by atoms with Crippen molar-refractivity contribution in [2.45, 2.75) is 25.3 Å². The number of fused-ring (bicyclic) bond motifs is 1. The van der Waals surface area contributed by atoms with Gasteiger partial charge in [0, 0.05) is 19.3 Å². The lowest BCUT2D eigenvalue weighted by molar-refractivity contribution is 0.122. The molecule has 1 aliphatic rings. The van der Waals surface area contributed by atoms with E-state index in [4.69, 9.17) is 10.5 Å². The predicted octanol–water partition coefficient (Wildman–Crippen LogP) is 1.63. The van der Waals surface area contributed by atoms with Crippen molar-refractivity contribution in [3.8, 4) is 0 Å². The maximum atomic E-state index is 5.57. The Kier molecular flexibility index (Phi) is 4.98. The van der Waals surface area contributed by atoms with Crippen molar-refractivity contribution in [2.75, 3.05) is 26.3 Å². The van der Waals surface area contributed by atoms with Crippen molar-refractivity contribution in [1.29, 1.82) is 0 Å². The highest BCUT2D eigenvalue weighted by atomic mass is 16.5. The van der Waals surface area contributed by atoms with E-state index in [-0.39, 0.29) is 0 Å². The van der Waals surface area contributed by atoms with Crippen LogP contribution in [0.5, 0.6) is 0 Å². The smallest absolute Gasteiger partial charge is 0.0484 e. The van der Waals surface area contributed by atoms with Crippen LogP contribution in [0.1, 0.15) is 30.0 Å². The van der Waals surface area contributed by atoms with Crippen molar-refractivity contribution in [1.82, 2.24) is 5.32 Å². The fourth-order valence-electron chi connectivity index (χ4n) is 2.34. The lowest BCUT2D eigenvalue weighted by atomic mass is 9.93. The van der Waals surface area contributed by atoms with E-state index in [1.807, 2.05) is 0 Å². The van der Waals surface area contributed by atoms with Gasteiger partial charge in [0.25, 0.3) is 0 Å². The molecule has 0 spiro atoms. The van der Waals surface area contributed by atoms with E-state index in [2.05, 4.69) is 29.6 Å². The van der Waals surface area contributed by atoms with Gasteiger partial charge in [-0.15, -0.1) is 0 Å². The summed E-state index contributed by atoms with van der Waals surface area (Å²) in [7, 11) is 0. The second-order valence-electron chi connectivity index (χ2n) is 4.50. The van der Waals surface area contributed by atoms with Crippen LogP contribution in [-0.2, 0) is 11.2 Å². The summed E-state index contributed by atoms with van der Waals surface area (Å²) in [5, 5.41) is 3.56. The number of hydrogen-bond acceptors (Lipinski definition) is 3. The highest BCUT2D eigenvalue weighted by molar-refractivity contribution is 5.32. The molecule has 3 heteroatoms. The summed E-state index contributed by atoms with van der Waals surface area (Å²) in [5.41, 5.74) is 8.35. The van der Waals surface area contributed by atoms with Crippen LogP contribution in [-0.4, -0.2) is 26.3 Å². The topological polar surface area (TPSA) is 47.3 Å². The fraction of sp³-hybridized carbons (Fsp3) is 0.571. The summed E-state index contributed by atoms with van der Waals surface area (Å²) in [6.07, 6.45) is 3.14. The average molecular weight is 234 g/mol. The van der Waals surface area contributed by atoms with Gasteiger partial charge in [-0.25, -0.2) is 0 Å². The summed E-state index contributed by atoms with van der Waals surface area (Å²) >= 11 is 0. The summed E-state index contributed by atoms with van der Waals surface area (Å²) in [6.45, 7) is 3.38. The predicted molar refractivity (Wildman–Crippen MR) is 70.0 cm³/mol. The Labute approximate surface area is 103 Å². The molecule has 0 radical (unpaired) electrons. The zero-order valence-electron chi connectivity index (χ0n) is 10.3. The van der Waals surface area contributed by atoms with Gasteiger partial charge in [0.05, 0.1) is 0 Å². The molecule has 1 aromatic rings. The highest BCUT2D eigenvalue weighted by Crippen LogP contribution is 2.24. The Morgan fingerprint density at radius 2 is 2.18 bits per heavy atom. The molecule has 3 nitrogen and oxygen atoms in total. The van der Waals surface area contributed by atoms with Crippen molar-refractivity contribution >= 4 is 0 Å². The molecule has 1 unspecified atom stereocenters. The van der Waals surface area contributed by atoms with E-state index in [9.17, 15) is 0 Å². The Hall–Kier alpha value is -0.900. The Bertz CT molecular complexity index is 341. The molecule has 1 aromatic carbocycles. The first-order valence-corrected chi connectivity index (χ1v) is 6.51. The van der Waals surface area contributed by atoms with Gasteiger partial charge in [0.2, 0.25) is 0 Å². The van der Waals surface area contributed by atoms with Gasteiger partial charge in [0.1, 0.15) is 0 Å². The van der Waals surface area contributed by atoms with Gasteiger partial charge in [-0.2, -0.15) is 0 Å². The molecule has 1 atom stereocenters. The van der Waals surface area contributed by atoms with Crippen LogP contribution >= 0.6 is 0 Å². The zero-order valence-corrected chi connectivity index (χ0v) is 10.3. The maximum absolute atomic E-state index is 5.57. The quantitative estimate of drug-likeness (QED) is 0.735. The van der Waals surface area contributed by atoms with Crippen LogP contribution in [0.4, 0.5) is 0 Å².